The fourth-order valence-corrected chi connectivity index (χ4v) is 2.35. The van der Waals surface area contributed by atoms with Gasteiger partial charge in [0, 0.05) is 30.4 Å². The van der Waals surface area contributed by atoms with E-state index < -0.39 is 0 Å². The number of hydrogen-bond donors (Lipinski definition) is 3. The SMILES string of the molecule is CC1CC(Nc2ccc(C(=O)NCCO)cc2)CCO1. The second-order valence-corrected chi connectivity index (χ2v) is 5.10. The first-order valence-electron chi connectivity index (χ1n) is 7.06. The average molecular weight is 278 g/mol. The highest BCUT2D eigenvalue weighted by Crippen LogP contribution is 2.19. The van der Waals surface area contributed by atoms with Crippen LogP contribution in [0.3, 0.4) is 0 Å². The van der Waals surface area contributed by atoms with E-state index >= 15 is 0 Å². The van der Waals surface area contributed by atoms with Crippen LogP contribution in [-0.4, -0.2) is 42.9 Å². The molecular weight excluding hydrogens is 256 g/mol. The minimum Gasteiger partial charge on any atom is -0.395 e. The summed E-state index contributed by atoms with van der Waals surface area (Å²) >= 11 is 0. The van der Waals surface area contributed by atoms with Crippen LogP contribution in [0.5, 0.6) is 0 Å². The molecule has 3 N–H and O–H groups in total. The summed E-state index contributed by atoms with van der Waals surface area (Å²) in [4.78, 5) is 11.7. The van der Waals surface area contributed by atoms with Gasteiger partial charge in [0.2, 0.25) is 0 Å². The summed E-state index contributed by atoms with van der Waals surface area (Å²) < 4.78 is 5.52. The Morgan fingerprint density at radius 1 is 1.40 bits per heavy atom. The lowest BCUT2D eigenvalue weighted by Gasteiger charge is -2.28. The summed E-state index contributed by atoms with van der Waals surface area (Å²) in [5.41, 5.74) is 1.62. The third-order valence-electron chi connectivity index (χ3n) is 3.40. The van der Waals surface area contributed by atoms with Crippen LogP contribution >= 0.6 is 0 Å². The number of aliphatic hydroxyl groups is 1. The molecule has 1 amide bonds. The molecule has 1 aliphatic heterocycles. The first kappa shape index (κ1) is 14.8. The molecule has 1 saturated heterocycles. The first-order valence-corrected chi connectivity index (χ1v) is 7.06. The quantitative estimate of drug-likeness (QED) is 0.761. The zero-order valence-electron chi connectivity index (χ0n) is 11.8. The molecule has 1 aromatic rings. The van der Waals surface area contributed by atoms with E-state index in [2.05, 4.69) is 17.6 Å². The average Bonchev–Trinajstić information content (AvgIpc) is 2.45. The summed E-state index contributed by atoms with van der Waals surface area (Å²) in [5, 5.41) is 14.8. The van der Waals surface area contributed by atoms with Gasteiger partial charge in [-0.15, -0.1) is 0 Å². The van der Waals surface area contributed by atoms with Crippen molar-refractivity contribution < 1.29 is 14.6 Å². The normalized spacial score (nSPS) is 22.3. The van der Waals surface area contributed by atoms with Gasteiger partial charge in [0.15, 0.2) is 0 Å². The van der Waals surface area contributed by atoms with Crippen molar-refractivity contribution >= 4 is 11.6 Å². The Kier molecular flexibility index (Phi) is 5.38. The van der Waals surface area contributed by atoms with Gasteiger partial charge in [-0.2, -0.15) is 0 Å². The molecule has 0 aromatic heterocycles. The highest BCUT2D eigenvalue weighted by Gasteiger charge is 2.18. The Hall–Kier alpha value is -1.59. The third kappa shape index (κ3) is 4.21. The Bertz CT molecular complexity index is 433. The number of nitrogens with one attached hydrogen (secondary N) is 2. The van der Waals surface area contributed by atoms with Crippen molar-refractivity contribution in [2.75, 3.05) is 25.1 Å². The minimum atomic E-state index is -0.162. The van der Waals surface area contributed by atoms with Crippen LogP contribution in [0.4, 0.5) is 5.69 Å². The number of amides is 1. The number of benzene rings is 1. The number of ether oxygens (including phenoxy) is 1. The van der Waals surface area contributed by atoms with Crippen molar-refractivity contribution in [2.24, 2.45) is 0 Å². The summed E-state index contributed by atoms with van der Waals surface area (Å²) in [7, 11) is 0. The number of carbonyl (C=O) groups excluding carboxylic acids is 1. The van der Waals surface area contributed by atoms with Gasteiger partial charge >= 0.3 is 0 Å². The van der Waals surface area contributed by atoms with E-state index in [1.165, 1.54) is 0 Å². The minimum absolute atomic E-state index is 0.0483. The lowest BCUT2D eigenvalue weighted by Crippen LogP contribution is -2.32. The molecule has 0 aliphatic carbocycles. The van der Waals surface area contributed by atoms with Gasteiger partial charge in [0.1, 0.15) is 0 Å². The zero-order chi connectivity index (χ0) is 14.4. The molecular formula is C15H22N2O3. The fourth-order valence-electron chi connectivity index (χ4n) is 2.35. The molecule has 0 spiro atoms. The number of hydrogen-bond acceptors (Lipinski definition) is 4. The number of carbonyl (C=O) groups is 1. The van der Waals surface area contributed by atoms with E-state index in [4.69, 9.17) is 9.84 Å². The maximum atomic E-state index is 11.7. The Morgan fingerprint density at radius 2 is 2.15 bits per heavy atom. The van der Waals surface area contributed by atoms with E-state index in [1.807, 2.05) is 12.1 Å². The zero-order valence-corrected chi connectivity index (χ0v) is 11.8. The summed E-state index contributed by atoms with van der Waals surface area (Å²) in [6.45, 7) is 3.11. The number of aliphatic hydroxyl groups excluding tert-OH is 1. The third-order valence-corrected chi connectivity index (χ3v) is 3.40. The lowest BCUT2D eigenvalue weighted by atomic mass is 10.0. The van der Waals surface area contributed by atoms with Crippen LogP contribution in [0, 0.1) is 0 Å². The molecule has 2 unspecified atom stereocenters. The molecule has 1 fully saturated rings. The second kappa shape index (κ2) is 7.26. The van der Waals surface area contributed by atoms with Crippen LogP contribution in [0.15, 0.2) is 24.3 Å². The summed E-state index contributed by atoms with van der Waals surface area (Å²) in [6, 6.07) is 7.82. The van der Waals surface area contributed by atoms with Gasteiger partial charge in [-0.1, -0.05) is 0 Å². The van der Waals surface area contributed by atoms with Crippen LogP contribution in [0.25, 0.3) is 0 Å². The number of anilines is 1. The van der Waals surface area contributed by atoms with E-state index in [9.17, 15) is 4.79 Å². The van der Waals surface area contributed by atoms with Crippen LogP contribution in [0.1, 0.15) is 30.1 Å². The predicted molar refractivity (Wildman–Crippen MR) is 77.9 cm³/mol. The van der Waals surface area contributed by atoms with Crippen molar-refractivity contribution in [2.45, 2.75) is 31.9 Å². The number of rotatable bonds is 5. The maximum absolute atomic E-state index is 11.7. The summed E-state index contributed by atoms with van der Waals surface area (Å²) in [5.74, 6) is -0.162. The smallest absolute Gasteiger partial charge is 0.251 e. The molecule has 5 heteroatoms. The molecule has 2 atom stereocenters. The van der Waals surface area contributed by atoms with Gasteiger partial charge in [-0.3, -0.25) is 4.79 Å². The predicted octanol–water partition coefficient (Wildman–Crippen LogP) is 1.39. The standard InChI is InChI=1S/C15H22N2O3/c1-11-10-14(6-9-20-11)17-13-4-2-12(3-5-13)15(19)16-7-8-18/h2-5,11,14,17-18H,6-10H2,1H3,(H,16,19). The maximum Gasteiger partial charge on any atom is 0.251 e. The van der Waals surface area contributed by atoms with E-state index in [-0.39, 0.29) is 19.1 Å². The lowest BCUT2D eigenvalue weighted by molar-refractivity contribution is 0.0232. The Morgan fingerprint density at radius 3 is 2.80 bits per heavy atom. The van der Waals surface area contributed by atoms with Gasteiger partial charge in [0.05, 0.1) is 12.7 Å². The molecule has 0 bridgehead atoms. The van der Waals surface area contributed by atoms with Crippen molar-refractivity contribution in [3.05, 3.63) is 29.8 Å². The van der Waals surface area contributed by atoms with Gasteiger partial charge in [-0.05, 0) is 44.0 Å². The van der Waals surface area contributed by atoms with Crippen LogP contribution in [0.2, 0.25) is 0 Å². The van der Waals surface area contributed by atoms with Crippen molar-refractivity contribution in [1.82, 2.24) is 5.32 Å². The second-order valence-electron chi connectivity index (χ2n) is 5.10. The monoisotopic (exact) mass is 278 g/mol. The van der Waals surface area contributed by atoms with Crippen LogP contribution in [-0.2, 0) is 4.74 Å². The molecule has 20 heavy (non-hydrogen) atoms. The largest absolute Gasteiger partial charge is 0.395 e. The van der Waals surface area contributed by atoms with E-state index in [1.54, 1.807) is 12.1 Å². The fraction of sp³-hybridized carbons (Fsp3) is 0.533. The Labute approximate surface area is 119 Å². The molecule has 2 rings (SSSR count). The first-order chi connectivity index (χ1) is 9.69. The van der Waals surface area contributed by atoms with E-state index in [0.29, 0.717) is 17.7 Å². The molecule has 0 saturated carbocycles. The van der Waals surface area contributed by atoms with Crippen LogP contribution < -0.4 is 10.6 Å². The van der Waals surface area contributed by atoms with Crippen molar-refractivity contribution in [3.63, 3.8) is 0 Å². The van der Waals surface area contributed by atoms with Crippen molar-refractivity contribution in [1.29, 1.82) is 0 Å². The molecule has 1 heterocycles. The molecule has 1 aromatic carbocycles. The van der Waals surface area contributed by atoms with Gasteiger partial charge in [0.25, 0.3) is 5.91 Å². The summed E-state index contributed by atoms with van der Waals surface area (Å²) in [6.07, 6.45) is 2.30. The highest BCUT2D eigenvalue weighted by atomic mass is 16.5. The van der Waals surface area contributed by atoms with Gasteiger partial charge < -0.3 is 20.5 Å². The topological polar surface area (TPSA) is 70.6 Å². The molecule has 5 nitrogen and oxygen atoms in total. The van der Waals surface area contributed by atoms with Crippen molar-refractivity contribution in [3.8, 4) is 0 Å². The molecule has 0 radical (unpaired) electrons. The van der Waals surface area contributed by atoms with E-state index in [0.717, 1.165) is 25.1 Å². The molecule has 110 valence electrons. The Balaban J connectivity index is 1.89. The van der Waals surface area contributed by atoms with Gasteiger partial charge in [-0.25, -0.2) is 0 Å². The highest BCUT2D eigenvalue weighted by molar-refractivity contribution is 5.94. The molecule has 1 aliphatic rings.